The molecule has 0 amide bonds. The summed E-state index contributed by atoms with van der Waals surface area (Å²) in [6.07, 6.45) is 3.58. The number of aromatic nitrogens is 2. The number of pyridine rings is 2. The van der Waals surface area contributed by atoms with Gasteiger partial charge in [0.2, 0.25) is 0 Å². The van der Waals surface area contributed by atoms with Gasteiger partial charge in [-0.1, -0.05) is 13.8 Å². The van der Waals surface area contributed by atoms with E-state index in [4.69, 9.17) is 0 Å². The molecule has 2 heterocycles. The largest absolute Gasteiger partial charge is 0.392 e. The second-order valence-electron chi connectivity index (χ2n) is 5.28. The summed E-state index contributed by atoms with van der Waals surface area (Å²) in [4.78, 5) is 10.8. The molecule has 0 bridgehead atoms. The van der Waals surface area contributed by atoms with Gasteiger partial charge in [0.25, 0.3) is 0 Å². The van der Waals surface area contributed by atoms with Crippen molar-refractivity contribution in [1.82, 2.24) is 9.97 Å². The molecule has 0 aromatic carbocycles. The summed E-state index contributed by atoms with van der Waals surface area (Å²) >= 11 is 0. The number of rotatable bonds is 5. The second kappa shape index (κ2) is 6.48. The van der Waals surface area contributed by atoms with E-state index >= 15 is 0 Å². The average molecular weight is 271 g/mol. The molecule has 0 unspecified atom stereocenters. The Balaban J connectivity index is 2.24. The first kappa shape index (κ1) is 14.5. The van der Waals surface area contributed by atoms with Crippen LogP contribution in [0.25, 0.3) is 0 Å². The predicted octanol–water partition coefficient (Wildman–Crippen LogP) is 2.73. The fraction of sp³-hybridized carbons (Fsp3) is 0.375. The standard InChI is InChI=1S/C16H21N3O/c1-12(2)15-8-14(11-20)9-16(18-15)19(3)10-13-4-6-17-7-5-13/h4-9,12,20H,10-11H2,1-3H3. The van der Waals surface area contributed by atoms with Crippen molar-refractivity contribution < 1.29 is 5.11 Å². The summed E-state index contributed by atoms with van der Waals surface area (Å²) < 4.78 is 0. The monoisotopic (exact) mass is 271 g/mol. The van der Waals surface area contributed by atoms with Crippen LogP contribution in [0.2, 0.25) is 0 Å². The van der Waals surface area contributed by atoms with Crippen molar-refractivity contribution >= 4 is 5.82 Å². The Morgan fingerprint density at radius 3 is 2.45 bits per heavy atom. The van der Waals surface area contributed by atoms with E-state index in [0.29, 0.717) is 5.92 Å². The van der Waals surface area contributed by atoms with E-state index in [0.717, 1.165) is 23.6 Å². The molecule has 0 saturated carbocycles. The Bertz CT molecular complexity index is 555. The van der Waals surface area contributed by atoms with Gasteiger partial charge in [0.1, 0.15) is 5.82 Å². The highest BCUT2D eigenvalue weighted by Gasteiger charge is 2.09. The van der Waals surface area contributed by atoms with Crippen molar-refractivity contribution in [3.63, 3.8) is 0 Å². The number of nitrogens with zero attached hydrogens (tertiary/aromatic N) is 3. The second-order valence-corrected chi connectivity index (χ2v) is 5.28. The van der Waals surface area contributed by atoms with E-state index < -0.39 is 0 Å². The van der Waals surface area contributed by atoms with Crippen LogP contribution in [0.15, 0.2) is 36.7 Å². The van der Waals surface area contributed by atoms with Gasteiger partial charge in [0.15, 0.2) is 0 Å². The molecule has 2 aromatic heterocycles. The first-order valence-electron chi connectivity index (χ1n) is 6.82. The molecule has 0 atom stereocenters. The molecule has 0 aliphatic carbocycles. The fourth-order valence-corrected chi connectivity index (χ4v) is 2.02. The zero-order valence-electron chi connectivity index (χ0n) is 12.2. The number of hydrogen-bond donors (Lipinski definition) is 1. The van der Waals surface area contributed by atoms with Crippen molar-refractivity contribution in [1.29, 1.82) is 0 Å². The molecular formula is C16H21N3O. The van der Waals surface area contributed by atoms with Crippen LogP contribution in [-0.2, 0) is 13.2 Å². The smallest absolute Gasteiger partial charge is 0.129 e. The van der Waals surface area contributed by atoms with Crippen LogP contribution >= 0.6 is 0 Å². The Labute approximate surface area is 120 Å². The lowest BCUT2D eigenvalue weighted by Crippen LogP contribution is -2.18. The predicted molar refractivity (Wildman–Crippen MR) is 80.6 cm³/mol. The van der Waals surface area contributed by atoms with E-state index in [-0.39, 0.29) is 6.61 Å². The minimum atomic E-state index is 0.0400. The lowest BCUT2D eigenvalue weighted by atomic mass is 10.1. The number of hydrogen-bond acceptors (Lipinski definition) is 4. The van der Waals surface area contributed by atoms with Gasteiger partial charge in [-0.25, -0.2) is 4.98 Å². The van der Waals surface area contributed by atoms with Gasteiger partial charge in [-0.15, -0.1) is 0 Å². The highest BCUT2D eigenvalue weighted by atomic mass is 16.3. The quantitative estimate of drug-likeness (QED) is 0.908. The molecule has 1 N–H and O–H groups in total. The molecular weight excluding hydrogens is 250 g/mol. The lowest BCUT2D eigenvalue weighted by Gasteiger charge is -2.20. The van der Waals surface area contributed by atoms with Crippen LogP contribution in [0.4, 0.5) is 5.82 Å². The van der Waals surface area contributed by atoms with Gasteiger partial charge in [-0.2, -0.15) is 0 Å². The minimum absolute atomic E-state index is 0.0400. The summed E-state index contributed by atoms with van der Waals surface area (Å²) in [5, 5.41) is 9.39. The van der Waals surface area contributed by atoms with Crippen LogP contribution in [0.5, 0.6) is 0 Å². The van der Waals surface area contributed by atoms with E-state index in [1.54, 1.807) is 12.4 Å². The maximum absolute atomic E-state index is 9.39. The van der Waals surface area contributed by atoms with Gasteiger partial charge in [0.05, 0.1) is 6.61 Å². The van der Waals surface area contributed by atoms with E-state index in [1.165, 1.54) is 5.56 Å². The first-order chi connectivity index (χ1) is 9.60. The third kappa shape index (κ3) is 3.54. The minimum Gasteiger partial charge on any atom is -0.392 e. The summed E-state index contributed by atoms with van der Waals surface area (Å²) in [7, 11) is 2.01. The third-order valence-corrected chi connectivity index (χ3v) is 3.23. The molecule has 4 nitrogen and oxygen atoms in total. The van der Waals surface area contributed by atoms with Crippen LogP contribution in [0.1, 0.15) is 36.6 Å². The molecule has 106 valence electrons. The molecule has 0 aliphatic heterocycles. The molecule has 4 heteroatoms. The number of aliphatic hydroxyl groups excluding tert-OH is 1. The van der Waals surface area contributed by atoms with Gasteiger partial charge in [-0.3, -0.25) is 4.98 Å². The third-order valence-electron chi connectivity index (χ3n) is 3.23. The van der Waals surface area contributed by atoms with Crippen molar-refractivity contribution in [2.75, 3.05) is 11.9 Å². The first-order valence-corrected chi connectivity index (χ1v) is 6.82. The number of anilines is 1. The van der Waals surface area contributed by atoms with Crippen LogP contribution < -0.4 is 4.90 Å². The average Bonchev–Trinajstić information content (AvgIpc) is 2.47. The normalized spacial score (nSPS) is 10.8. The summed E-state index contributed by atoms with van der Waals surface area (Å²) in [5.41, 5.74) is 3.10. The Hall–Kier alpha value is -1.94. The van der Waals surface area contributed by atoms with Gasteiger partial charge in [-0.05, 0) is 41.3 Å². The molecule has 2 aromatic rings. The summed E-state index contributed by atoms with van der Waals surface area (Å²) in [6, 6.07) is 7.90. The van der Waals surface area contributed by atoms with Crippen molar-refractivity contribution in [3.05, 3.63) is 53.5 Å². The van der Waals surface area contributed by atoms with Crippen LogP contribution in [-0.4, -0.2) is 22.1 Å². The maximum Gasteiger partial charge on any atom is 0.129 e. The molecule has 2 rings (SSSR count). The zero-order chi connectivity index (χ0) is 14.5. The lowest BCUT2D eigenvalue weighted by molar-refractivity contribution is 0.281. The molecule has 0 aliphatic rings. The highest BCUT2D eigenvalue weighted by molar-refractivity contribution is 5.43. The molecule has 20 heavy (non-hydrogen) atoms. The van der Waals surface area contributed by atoms with Gasteiger partial charge >= 0.3 is 0 Å². The van der Waals surface area contributed by atoms with Crippen molar-refractivity contribution in [2.45, 2.75) is 32.9 Å². The van der Waals surface area contributed by atoms with Gasteiger partial charge in [0, 0.05) is 31.7 Å². The SMILES string of the molecule is CC(C)c1cc(CO)cc(N(C)Cc2ccncc2)n1. The number of aliphatic hydroxyl groups is 1. The molecule has 0 fully saturated rings. The summed E-state index contributed by atoms with van der Waals surface area (Å²) in [5.74, 6) is 1.23. The van der Waals surface area contributed by atoms with E-state index in [9.17, 15) is 5.11 Å². The Morgan fingerprint density at radius 2 is 1.85 bits per heavy atom. The summed E-state index contributed by atoms with van der Waals surface area (Å²) in [6.45, 7) is 5.02. The molecule has 0 saturated heterocycles. The van der Waals surface area contributed by atoms with E-state index in [1.807, 2.05) is 31.3 Å². The van der Waals surface area contributed by atoms with Crippen LogP contribution in [0.3, 0.4) is 0 Å². The molecule has 0 radical (unpaired) electrons. The fourth-order valence-electron chi connectivity index (χ4n) is 2.02. The molecule has 0 spiro atoms. The van der Waals surface area contributed by atoms with Gasteiger partial charge < -0.3 is 10.0 Å². The van der Waals surface area contributed by atoms with Crippen LogP contribution in [0, 0.1) is 0 Å². The maximum atomic E-state index is 9.39. The Kier molecular flexibility index (Phi) is 4.69. The Morgan fingerprint density at radius 1 is 1.15 bits per heavy atom. The van der Waals surface area contributed by atoms with E-state index in [2.05, 4.69) is 28.7 Å². The topological polar surface area (TPSA) is 49.2 Å². The van der Waals surface area contributed by atoms with Crippen molar-refractivity contribution in [3.8, 4) is 0 Å². The highest BCUT2D eigenvalue weighted by Crippen LogP contribution is 2.20. The van der Waals surface area contributed by atoms with Crippen molar-refractivity contribution in [2.24, 2.45) is 0 Å². The zero-order valence-corrected chi connectivity index (χ0v) is 12.2.